The van der Waals surface area contributed by atoms with Gasteiger partial charge in [0.25, 0.3) is 0 Å². The van der Waals surface area contributed by atoms with Gasteiger partial charge in [-0.2, -0.15) is 0 Å². The molecule has 198 valence electrons. The molecule has 1 atom stereocenters. The van der Waals surface area contributed by atoms with Crippen molar-refractivity contribution >= 4 is 5.97 Å². The predicted molar refractivity (Wildman–Crippen MR) is 150 cm³/mol. The fraction of sp³-hybridized carbons (Fsp3) is 0.485. The molecule has 1 aliphatic rings. The first-order valence-corrected chi connectivity index (χ1v) is 13.7. The van der Waals surface area contributed by atoms with Crippen LogP contribution in [-0.2, 0) is 14.3 Å². The van der Waals surface area contributed by atoms with Gasteiger partial charge in [0.05, 0.1) is 18.8 Å². The first-order valence-electron chi connectivity index (χ1n) is 13.7. The van der Waals surface area contributed by atoms with Crippen LogP contribution < -0.4 is 0 Å². The molecule has 1 N–H and O–H groups in total. The molecule has 0 spiro atoms. The summed E-state index contributed by atoms with van der Waals surface area (Å²) in [5.74, 6) is 7.46. The lowest BCUT2D eigenvalue weighted by Gasteiger charge is -2.29. The van der Waals surface area contributed by atoms with Crippen LogP contribution in [0.2, 0.25) is 0 Å². The van der Waals surface area contributed by atoms with Gasteiger partial charge in [-0.15, -0.1) is 0 Å². The molecule has 4 nitrogen and oxygen atoms in total. The fourth-order valence-electron chi connectivity index (χ4n) is 5.07. The molecule has 1 unspecified atom stereocenters. The van der Waals surface area contributed by atoms with E-state index < -0.39 is 12.6 Å². The molecule has 0 aliphatic heterocycles. The van der Waals surface area contributed by atoms with Gasteiger partial charge in [0, 0.05) is 24.2 Å². The molecule has 0 heterocycles. The van der Waals surface area contributed by atoms with Gasteiger partial charge in [0.2, 0.25) is 0 Å². The molecule has 2 aromatic rings. The molecular weight excluding hydrogens is 460 g/mol. The van der Waals surface area contributed by atoms with Gasteiger partial charge in [0.1, 0.15) is 6.61 Å². The molecular formula is C33H42O4. The molecule has 3 rings (SSSR count). The number of esters is 1. The van der Waals surface area contributed by atoms with Crippen LogP contribution >= 0.6 is 0 Å². The van der Waals surface area contributed by atoms with E-state index in [0.717, 1.165) is 22.6 Å². The minimum absolute atomic E-state index is 0.0417. The highest BCUT2D eigenvalue weighted by Gasteiger charge is 2.22. The van der Waals surface area contributed by atoms with E-state index in [-0.39, 0.29) is 18.1 Å². The largest absolute Gasteiger partial charge is 0.462 e. The molecule has 1 fully saturated rings. The number of ether oxygens (including phenoxy) is 2. The number of rotatable bonds is 12. The summed E-state index contributed by atoms with van der Waals surface area (Å²) in [4.78, 5) is 11.8. The molecule has 0 saturated heterocycles. The molecule has 0 radical (unpaired) electrons. The molecule has 1 saturated carbocycles. The smallest absolute Gasteiger partial charge is 0.335 e. The van der Waals surface area contributed by atoms with Crippen molar-refractivity contribution in [3.8, 4) is 11.8 Å². The number of benzene rings is 2. The maximum atomic E-state index is 11.8. The standard InChI is InChI=1S/C33H42O4/c1-4-5-6-7-26-10-16-29(17-11-26)30-18-12-27(13-19-30)8-9-28-14-20-31(21-15-28)32(23-36-3)24-37-33(35)25(2)22-34/h12-15,18-21,26,29,32,34H,2,4-7,10-11,16-17,22-24H2,1,3H3. The summed E-state index contributed by atoms with van der Waals surface area (Å²) in [7, 11) is 1.62. The Labute approximate surface area is 223 Å². The van der Waals surface area contributed by atoms with E-state index in [1.165, 1.54) is 56.9 Å². The highest BCUT2D eigenvalue weighted by atomic mass is 16.5. The second-order valence-electron chi connectivity index (χ2n) is 10.2. The average molecular weight is 503 g/mol. The van der Waals surface area contributed by atoms with Crippen LogP contribution in [0, 0.1) is 17.8 Å². The third-order valence-corrected chi connectivity index (χ3v) is 7.44. The number of unbranched alkanes of at least 4 members (excludes halogenated alkanes) is 2. The van der Waals surface area contributed by atoms with E-state index in [4.69, 9.17) is 14.6 Å². The minimum Gasteiger partial charge on any atom is -0.462 e. The lowest BCUT2D eigenvalue weighted by molar-refractivity contribution is -0.140. The van der Waals surface area contributed by atoms with Gasteiger partial charge in [-0.1, -0.05) is 75.3 Å². The average Bonchev–Trinajstić information content (AvgIpc) is 2.94. The summed E-state index contributed by atoms with van der Waals surface area (Å²) in [6, 6.07) is 16.8. The number of methoxy groups -OCH3 is 1. The van der Waals surface area contributed by atoms with Crippen LogP contribution in [0.3, 0.4) is 0 Å². The molecule has 2 aromatic carbocycles. The monoisotopic (exact) mass is 502 g/mol. The number of hydrogen-bond donors (Lipinski definition) is 1. The maximum Gasteiger partial charge on any atom is 0.335 e. The predicted octanol–water partition coefficient (Wildman–Crippen LogP) is 6.76. The van der Waals surface area contributed by atoms with Crippen LogP contribution in [-0.4, -0.2) is 38.0 Å². The molecule has 1 aliphatic carbocycles. The van der Waals surface area contributed by atoms with Crippen molar-refractivity contribution in [1.29, 1.82) is 0 Å². The summed E-state index contributed by atoms with van der Waals surface area (Å²) in [5.41, 5.74) is 4.44. The Kier molecular flexibility index (Phi) is 11.9. The van der Waals surface area contributed by atoms with Gasteiger partial charge in [-0.25, -0.2) is 4.79 Å². The van der Waals surface area contributed by atoms with Crippen molar-refractivity contribution in [2.24, 2.45) is 5.92 Å². The molecule has 4 heteroatoms. The highest BCUT2D eigenvalue weighted by Crippen LogP contribution is 2.37. The second-order valence-corrected chi connectivity index (χ2v) is 10.2. The Balaban J connectivity index is 1.53. The number of carbonyl (C=O) groups excluding carboxylic acids is 1. The Hall–Kier alpha value is -2.87. The Morgan fingerprint density at radius 2 is 1.59 bits per heavy atom. The fourth-order valence-corrected chi connectivity index (χ4v) is 5.07. The van der Waals surface area contributed by atoms with E-state index in [1.807, 2.05) is 24.3 Å². The zero-order valence-corrected chi connectivity index (χ0v) is 22.5. The Morgan fingerprint density at radius 1 is 0.973 bits per heavy atom. The Bertz CT molecular complexity index is 1030. The highest BCUT2D eigenvalue weighted by molar-refractivity contribution is 5.87. The SMILES string of the molecule is C=C(CO)C(=O)OCC(COC)c1ccc(C#Cc2ccc(C3CCC(CCCCC)CC3)cc2)cc1. The minimum atomic E-state index is -0.591. The van der Waals surface area contributed by atoms with Crippen molar-refractivity contribution in [2.75, 3.05) is 26.9 Å². The summed E-state index contributed by atoms with van der Waals surface area (Å²) in [5, 5.41) is 9.03. The lowest BCUT2D eigenvalue weighted by Crippen LogP contribution is -2.18. The zero-order chi connectivity index (χ0) is 26.5. The van der Waals surface area contributed by atoms with Crippen LogP contribution in [0.4, 0.5) is 0 Å². The van der Waals surface area contributed by atoms with Gasteiger partial charge in [0.15, 0.2) is 0 Å². The van der Waals surface area contributed by atoms with Crippen molar-refractivity contribution in [3.05, 3.63) is 82.9 Å². The topological polar surface area (TPSA) is 55.8 Å². The van der Waals surface area contributed by atoms with Gasteiger partial charge < -0.3 is 14.6 Å². The van der Waals surface area contributed by atoms with E-state index in [0.29, 0.717) is 12.5 Å². The molecule has 0 bridgehead atoms. The summed E-state index contributed by atoms with van der Waals surface area (Å²) in [6.07, 6.45) is 10.9. The second kappa shape index (κ2) is 15.4. The first kappa shape index (κ1) is 28.7. The Morgan fingerprint density at radius 3 is 2.16 bits per heavy atom. The summed E-state index contributed by atoms with van der Waals surface area (Å²) < 4.78 is 10.6. The van der Waals surface area contributed by atoms with Crippen molar-refractivity contribution in [1.82, 2.24) is 0 Å². The molecule has 0 amide bonds. The van der Waals surface area contributed by atoms with Crippen molar-refractivity contribution in [2.45, 2.75) is 70.1 Å². The number of aliphatic hydroxyl groups excluding tert-OH is 1. The summed E-state index contributed by atoms with van der Waals surface area (Å²) in [6.45, 7) is 5.94. The normalized spacial score (nSPS) is 17.9. The van der Waals surface area contributed by atoms with E-state index in [1.54, 1.807) is 7.11 Å². The van der Waals surface area contributed by atoms with Crippen LogP contribution in [0.15, 0.2) is 60.7 Å². The number of hydrogen-bond acceptors (Lipinski definition) is 4. The zero-order valence-electron chi connectivity index (χ0n) is 22.5. The molecule has 0 aromatic heterocycles. The maximum absolute atomic E-state index is 11.8. The van der Waals surface area contributed by atoms with E-state index >= 15 is 0 Å². The van der Waals surface area contributed by atoms with Gasteiger partial charge in [-0.3, -0.25) is 0 Å². The lowest BCUT2D eigenvalue weighted by atomic mass is 9.77. The van der Waals surface area contributed by atoms with E-state index in [9.17, 15) is 4.79 Å². The first-order chi connectivity index (χ1) is 18.0. The van der Waals surface area contributed by atoms with Crippen LogP contribution in [0.25, 0.3) is 0 Å². The molecule has 37 heavy (non-hydrogen) atoms. The van der Waals surface area contributed by atoms with Crippen LogP contribution in [0.5, 0.6) is 0 Å². The third kappa shape index (κ3) is 9.18. The van der Waals surface area contributed by atoms with E-state index in [2.05, 4.69) is 49.6 Å². The number of aliphatic hydroxyl groups is 1. The van der Waals surface area contributed by atoms with Crippen LogP contribution in [0.1, 0.15) is 92.4 Å². The third-order valence-electron chi connectivity index (χ3n) is 7.44. The van der Waals surface area contributed by atoms with Crippen molar-refractivity contribution < 1.29 is 19.4 Å². The van der Waals surface area contributed by atoms with Gasteiger partial charge in [-0.05, 0) is 72.9 Å². The van der Waals surface area contributed by atoms with Gasteiger partial charge >= 0.3 is 5.97 Å². The van der Waals surface area contributed by atoms with Crippen molar-refractivity contribution in [3.63, 3.8) is 0 Å². The quantitative estimate of drug-likeness (QED) is 0.151. The summed E-state index contributed by atoms with van der Waals surface area (Å²) >= 11 is 0. The number of carbonyl (C=O) groups is 1.